The molecule has 1 aliphatic heterocycles. The number of hydrogen-bond donors (Lipinski definition) is 0. The Morgan fingerprint density at radius 3 is 1.85 bits per heavy atom. The molecule has 5 atom stereocenters. The minimum atomic E-state index is -3.97. The molecule has 4 rings (SSSR count). The van der Waals surface area contributed by atoms with E-state index in [2.05, 4.69) is 0 Å². The van der Waals surface area contributed by atoms with Gasteiger partial charge in [0.25, 0.3) is 10.1 Å². The van der Waals surface area contributed by atoms with E-state index in [1.54, 1.807) is 30.3 Å². The van der Waals surface area contributed by atoms with E-state index in [1.165, 1.54) is 7.11 Å². The van der Waals surface area contributed by atoms with E-state index < -0.39 is 53.4 Å². The Morgan fingerprint density at radius 2 is 1.33 bits per heavy atom. The van der Waals surface area contributed by atoms with Crippen LogP contribution in [0, 0.1) is 0 Å². The number of hydrogen-bond acceptors (Lipinski definition) is 9. The monoisotopic (exact) mass is 556 g/mol. The summed E-state index contributed by atoms with van der Waals surface area (Å²) < 4.78 is 59.4. The smallest absolute Gasteiger partial charge is 0.338 e. The van der Waals surface area contributed by atoms with Gasteiger partial charge in [-0.05, 0) is 23.3 Å². The van der Waals surface area contributed by atoms with Gasteiger partial charge in [-0.2, -0.15) is 8.42 Å². The molecule has 3 aromatic carbocycles. The van der Waals surface area contributed by atoms with Crippen molar-refractivity contribution in [3.05, 3.63) is 108 Å². The number of carbonyl (C=O) groups is 1. The molecule has 0 N–H and O–H groups in total. The lowest BCUT2D eigenvalue weighted by atomic mass is 10.1. The summed E-state index contributed by atoms with van der Waals surface area (Å²) in [5.41, 5.74) is 2.15. The molecule has 9 nitrogen and oxygen atoms in total. The number of methoxy groups -OCH3 is 1. The Bertz CT molecular complexity index is 1270. The summed E-state index contributed by atoms with van der Waals surface area (Å²) in [5.74, 6) is -0.627. The van der Waals surface area contributed by atoms with Crippen molar-refractivity contribution in [2.75, 3.05) is 20.0 Å². The molecule has 3 aromatic rings. The third-order valence-electron chi connectivity index (χ3n) is 6.06. The highest BCUT2D eigenvalue weighted by molar-refractivity contribution is 7.86. The molecule has 0 amide bonds. The quantitative estimate of drug-likeness (QED) is 0.230. The Morgan fingerprint density at radius 1 is 0.821 bits per heavy atom. The van der Waals surface area contributed by atoms with Gasteiger partial charge in [-0.15, -0.1) is 0 Å². The summed E-state index contributed by atoms with van der Waals surface area (Å²) in [6.45, 7) is 0.0358. The number of carbonyl (C=O) groups excluding carboxylic acids is 1. The van der Waals surface area contributed by atoms with E-state index in [0.29, 0.717) is 5.56 Å². The zero-order valence-electron chi connectivity index (χ0n) is 21.8. The van der Waals surface area contributed by atoms with Crippen LogP contribution >= 0.6 is 0 Å². The van der Waals surface area contributed by atoms with Crippen LogP contribution < -0.4 is 0 Å². The number of benzene rings is 3. The first kappa shape index (κ1) is 28.9. The van der Waals surface area contributed by atoms with Crippen LogP contribution in [0.25, 0.3) is 0 Å². The van der Waals surface area contributed by atoms with E-state index >= 15 is 0 Å². The van der Waals surface area contributed by atoms with Gasteiger partial charge in [0.15, 0.2) is 6.29 Å². The van der Waals surface area contributed by atoms with E-state index in [1.807, 2.05) is 60.7 Å². The first-order valence-electron chi connectivity index (χ1n) is 12.4. The van der Waals surface area contributed by atoms with Gasteiger partial charge in [0, 0.05) is 7.11 Å². The average molecular weight is 557 g/mol. The predicted molar refractivity (Wildman–Crippen MR) is 142 cm³/mol. The fraction of sp³-hybridized carbons (Fsp3) is 0.345. The lowest BCUT2D eigenvalue weighted by Crippen LogP contribution is -2.46. The SMILES string of the molecule is CO[C@@H]1O[C@H]([C@H](COC(=O)c2ccccc2)OS(C)(=O)=O)[C@@H](OCc2ccccc2)C1OCc1ccccc1. The van der Waals surface area contributed by atoms with Crippen LogP contribution in [0.3, 0.4) is 0 Å². The molecule has 0 saturated carbocycles. The zero-order valence-corrected chi connectivity index (χ0v) is 22.6. The normalized spacial score (nSPS) is 21.9. The third kappa shape index (κ3) is 8.43. The van der Waals surface area contributed by atoms with Crippen molar-refractivity contribution in [2.24, 2.45) is 0 Å². The molecule has 0 radical (unpaired) electrons. The lowest BCUT2D eigenvalue weighted by molar-refractivity contribution is -0.175. The minimum Gasteiger partial charge on any atom is -0.459 e. The van der Waals surface area contributed by atoms with Gasteiger partial charge in [0.1, 0.15) is 31.0 Å². The first-order valence-corrected chi connectivity index (χ1v) is 14.3. The van der Waals surface area contributed by atoms with E-state index in [9.17, 15) is 13.2 Å². The highest BCUT2D eigenvalue weighted by atomic mass is 32.2. The Hall–Kier alpha value is -3.12. The van der Waals surface area contributed by atoms with Gasteiger partial charge in [0.2, 0.25) is 0 Å². The third-order valence-corrected chi connectivity index (χ3v) is 6.66. The average Bonchev–Trinajstić information content (AvgIpc) is 3.31. The van der Waals surface area contributed by atoms with Crippen LogP contribution in [0.15, 0.2) is 91.0 Å². The number of ether oxygens (including phenoxy) is 5. The fourth-order valence-corrected chi connectivity index (χ4v) is 4.87. The largest absolute Gasteiger partial charge is 0.459 e. The van der Waals surface area contributed by atoms with Crippen molar-refractivity contribution in [1.82, 2.24) is 0 Å². The zero-order chi connectivity index (χ0) is 27.7. The molecule has 39 heavy (non-hydrogen) atoms. The molecule has 10 heteroatoms. The molecular formula is C29H32O9S. The fourth-order valence-electron chi connectivity index (χ4n) is 4.25. The topological polar surface area (TPSA) is 107 Å². The van der Waals surface area contributed by atoms with Crippen molar-refractivity contribution >= 4 is 16.1 Å². The first-order chi connectivity index (χ1) is 18.8. The maximum absolute atomic E-state index is 12.6. The van der Waals surface area contributed by atoms with E-state index in [-0.39, 0.29) is 13.2 Å². The van der Waals surface area contributed by atoms with Crippen molar-refractivity contribution in [3.63, 3.8) is 0 Å². The summed E-state index contributed by atoms with van der Waals surface area (Å²) in [5, 5.41) is 0. The summed E-state index contributed by atoms with van der Waals surface area (Å²) in [4.78, 5) is 12.6. The van der Waals surface area contributed by atoms with Crippen LogP contribution in [0.2, 0.25) is 0 Å². The molecule has 208 valence electrons. The minimum absolute atomic E-state index is 0.197. The molecular weight excluding hydrogens is 524 g/mol. The maximum Gasteiger partial charge on any atom is 0.338 e. The summed E-state index contributed by atoms with van der Waals surface area (Å²) in [6.07, 6.45) is -3.75. The second kappa shape index (κ2) is 13.8. The summed E-state index contributed by atoms with van der Waals surface area (Å²) in [6, 6.07) is 27.4. The van der Waals surface area contributed by atoms with Gasteiger partial charge in [0.05, 0.1) is 25.0 Å². The Kier molecular flexibility index (Phi) is 10.2. The van der Waals surface area contributed by atoms with Crippen molar-refractivity contribution < 1.29 is 41.1 Å². The van der Waals surface area contributed by atoms with Crippen LogP contribution in [0.4, 0.5) is 0 Å². The molecule has 1 saturated heterocycles. The lowest BCUT2D eigenvalue weighted by Gasteiger charge is -2.28. The van der Waals surface area contributed by atoms with Gasteiger partial charge in [-0.1, -0.05) is 78.9 Å². The Balaban J connectivity index is 1.57. The molecule has 1 aliphatic rings. The Labute approximate surface area is 228 Å². The van der Waals surface area contributed by atoms with Crippen molar-refractivity contribution in [2.45, 2.75) is 43.9 Å². The molecule has 1 fully saturated rings. The van der Waals surface area contributed by atoms with Gasteiger partial charge >= 0.3 is 5.97 Å². The summed E-state index contributed by atoms with van der Waals surface area (Å²) in [7, 11) is -2.51. The van der Waals surface area contributed by atoms with Gasteiger partial charge in [-0.25, -0.2) is 4.79 Å². The standard InChI is InChI=1S/C29H32O9S/c1-33-29-27(35-19-22-14-8-4-9-15-22)26(34-18-21-12-6-3-7-13-21)25(37-29)24(38-39(2,31)32)20-36-28(30)23-16-10-5-11-17-23/h3-17,24-27,29H,18-20H2,1-2H3/t24-,25+,26+,27?,29+/m0/s1. The van der Waals surface area contributed by atoms with Gasteiger partial charge in [-0.3, -0.25) is 4.18 Å². The molecule has 1 heterocycles. The highest BCUT2D eigenvalue weighted by Crippen LogP contribution is 2.32. The molecule has 0 spiro atoms. The van der Waals surface area contributed by atoms with E-state index in [0.717, 1.165) is 17.4 Å². The molecule has 1 unspecified atom stereocenters. The predicted octanol–water partition coefficient (Wildman–Crippen LogP) is 3.73. The van der Waals surface area contributed by atoms with E-state index in [4.69, 9.17) is 27.9 Å². The molecule has 0 aliphatic carbocycles. The van der Waals surface area contributed by atoms with Crippen LogP contribution in [0.1, 0.15) is 21.5 Å². The van der Waals surface area contributed by atoms with Crippen molar-refractivity contribution in [1.29, 1.82) is 0 Å². The summed E-state index contributed by atoms with van der Waals surface area (Å²) >= 11 is 0. The van der Waals surface area contributed by atoms with Crippen LogP contribution in [0.5, 0.6) is 0 Å². The second-order valence-electron chi connectivity index (χ2n) is 9.03. The molecule has 0 bridgehead atoms. The van der Waals surface area contributed by atoms with Crippen molar-refractivity contribution in [3.8, 4) is 0 Å². The highest BCUT2D eigenvalue weighted by Gasteiger charge is 2.51. The van der Waals surface area contributed by atoms with Crippen LogP contribution in [-0.2, 0) is 51.2 Å². The maximum atomic E-state index is 12.6. The van der Waals surface area contributed by atoms with Crippen LogP contribution in [-0.4, -0.2) is 65.1 Å². The van der Waals surface area contributed by atoms with Gasteiger partial charge < -0.3 is 23.7 Å². The molecule has 0 aromatic heterocycles. The second-order valence-corrected chi connectivity index (χ2v) is 10.6. The number of esters is 1. The number of rotatable bonds is 13.